The lowest BCUT2D eigenvalue weighted by Crippen LogP contribution is -2.27. The van der Waals surface area contributed by atoms with Crippen LogP contribution in [0, 0.1) is 0 Å². The first kappa shape index (κ1) is 21.7. The number of hydrogen-bond donors (Lipinski definition) is 1. The molecule has 29 heavy (non-hydrogen) atoms. The second kappa shape index (κ2) is 9.23. The van der Waals surface area contributed by atoms with Crippen molar-refractivity contribution >= 4 is 35.1 Å². The molecule has 1 N–H and O–H groups in total. The Balaban J connectivity index is 1.68. The summed E-state index contributed by atoms with van der Waals surface area (Å²) in [5, 5.41) is 2.98. The highest BCUT2D eigenvalue weighted by atomic mass is 32.2. The van der Waals surface area contributed by atoms with Crippen LogP contribution in [-0.4, -0.2) is 40.7 Å². The molecule has 1 aliphatic heterocycles. The van der Waals surface area contributed by atoms with Crippen LogP contribution in [0.2, 0.25) is 0 Å². The number of aryl methyl sites for hydroxylation is 1. The number of nitrogens with zero attached hydrogens (tertiary/aromatic N) is 2. The lowest BCUT2D eigenvalue weighted by Gasteiger charge is -2.13. The van der Waals surface area contributed by atoms with Crippen LogP contribution in [0.25, 0.3) is 0 Å². The second-order valence-electron chi connectivity index (χ2n) is 6.13. The number of benzene rings is 1. The van der Waals surface area contributed by atoms with Gasteiger partial charge >= 0.3 is 6.18 Å². The Labute approximate surface area is 173 Å². The third-order valence-corrected chi connectivity index (χ3v) is 6.18. The van der Waals surface area contributed by atoms with E-state index in [0.29, 0.717) is 29.6 Å². The van der Waals surface area contributed by atoms with E-state index < -0.39 is 17.6 Å². The van der Waals surface area contributed by atoms with Crippen LogP contribution in [0.3, 0.4) is 0 Å². The first-order valence-corrected chi connectivity index (χ1v) is 10.6. The Bertz CT molecular complexity index is 946. The van der Waals surface area contributed by atoms with Crippen LogP contribution in [0.4, 0.5) is 18.9 Å². The van der Waals surface area contributed by atoms with Crippen molar-refractivity contribution in [3.63, 3.8) is 0 Å². The van der Waals surface area contributed by atoms with Gasteiger partial charge in [0.15, 0.2) is 5.16 Å². The molecular weight excluding hydrogens is 427 g/mol. The number of anilines is 1. The maximum absolute atomic E-state index is 12.7. The number of nitrogens with one attached hydrogen (secondary N) is 1. The fraction of sp³-hybridized carbons (Fsp3) is 0.389. The Hall–Kier alpha value is -1.98. The number of hydrogen-bond acceptors (Lipinski definition) is 6. The third kappa shape index (κ3) is 5.34. The number of aromatic nitrogens is 2. The van der Waals surface area contributed by atoms with E-state index in [1.807, 2.05) is 0 Å². The lowest BCUT2D eigenvalue weighted by molar-refractivity contribution is -0.137. The summed E-state index contributed by atoms with van der Waals surface area (Å²) in [4.78, 5) is 30.1. The van der Waals surface area contributed by atoms with Gasteiger partial charge in [0, 0.05) is 25.0 Å². The fourth-order valence-electron chi connectivity index (χ4n) is 2.68. The molecule has 156 valence electrons. The van der Waals surface area contributed by atoms with Gasteiger partial charge in [-0.25, -0.2) is 4.98 Å². The summed E-state index contributed by atoms with van der Waals surface area (Å²) < 4.78 is 44.4. The third-order valence-electron chi connectivity index (χ3n) is 4.10. The van der Waals surface area contributed by atoms with Crippen LogP contribution >= 0.6 is 23.5 Å². The van der Waals surface area contributed by atoms with E-state index in [2.05, 4.69) is 10.3 Å². The van der Waals surface area contributed by atoms with Gasteiger partial charge in [0.25, 0.3) is 5.56 Å². The van der Waals surface area contributed by atoms with Gasteiger partial charge in [0.05, 0.1) is 35.1 Å². The Morgan fingerprint density at radius 3 is 2.72 bits per heavy atom. The first-order chi connectivity index (χ1) is 13.8. The number of carbonyl (C=O) groups is 1. The SMILES string of the molecule is COCCn1c(SCC(=O)Nc2ccc(C(F)(F)F)cc2)nc2c(c1=O)SCC2. The maximum atomic E-state index is 12.7. The lowest BCUT2D eigenvalue weighted by atomic mass is 10.2. The predicted molar refractivity (Wildman–Crippen MR) is 106 cm³/mol. The van der Waals surface area contributed by atoms with Crippen LogP contribution in [-0.2, 0) is 28.7 Å². The van der Waals surface area contributed by atoms with Crippen molar-refractivity contribution in [1.82, 2.24) is 9.55 Å². The Morgan fingerprint density at radius 2 is 2.07 bits per heavy atom. The summed E-state index contributed by atoms with van der Waals surface area (Å²) in [5.41, 5.74) is 0.0745. The number of ether oxygens (including phenoxy) is 1. The summed E-state index contributed by atoms with van der Waals surface area (Å²) in [5.74, 6) is 0.355. The van der Waals surface area contributed by atoms with Gasteiger partial charge < -0.3 is 10.1 Å². The zero-order valence-corrected chi connectivity index (χ0v) is 17.0. The molecule has 0 spiro atoms. The highest BCUT2D eigenvalue weighted by Gasteiger charge is 2.30. The van der Waals surface area contributed by atoms with Crippen molar-refractivity contribution in [2.45, 2.75) is 29.2 Å². The quantitative estimate of drug-likeness (QED) is 0.521. The highest BCUT2D eigenvalue weighted by Crippen LogP contribution is 2.30. The average molecular weight is 445 g/mol. The molecular formula is C18H18F3N3O3S2. The van der Waals surface area contributed by atoms with Crippen molar-refractivity contribution in [1.29, 1.82) is 0 Å². The zero-order valence-electron chi connectivity index (χ0n) is 15.4. The topological polar surface area (TPSA) is 73.2 Å². The molecule has 11 heteroatoms. The molecule has 0 saturated carbocycles. The van der Waals surface area contributed by atoms with Gasteiger partial charge in [0.1, 0.15) is 0 Å². The van der Waals surface area contributed by atoms with E-state index in [4.69, 9.17) is 4.74 Å². The molecule has 0 bridgehead atoms. The minimum Gasteiger partial charge on any atom is -0.383 e. The minimum atomic E-state index is -4.43. The first-order valence-electron chi connectivity index (χ1n) is 8.65. The number of amides is 1. The van der Waals surface area contributed by atoms with Crippen LogP contribution in [0.15, 0.2) is 39.1 Å². The van der Waals surface area contributed by atoms with E-state index in [1.165, 1.54) is 35.6 Å². The van der Waals surface area contributed by atoms with Crippen molar-refractivity contribution in [2.24, 2.45) is 0 Å². The molecule has 2 heterocycles. The van der Waals surface area contributed by atoms with Crippen molar-refractivity contribution < 1.29 is 22.7 Å². The molecule has 1 aromatic heterocycles. The van der Waals surface area contributed by atoms with Gasteiger partial charge in [-0.15, -0.1) is 11.8 Å². The van der Waals surface area contributed by atoms with Gasteiger partial charge in [-0.3, -0.25) is 14.2 Å². The number of alkyl halides is 3. The summed E-state index contributed by atoms with van der Waals surface area (Å²) >= 11 is 2.58. The molecule has 0 saturated heterocycles. The fourth-order valence-corrected chi connectivity index (χ4v) is 4.57. The van der Waals surface area contributed by atoms with E-state index in [-0.39, 0.29) is 17.0 Å². The maximum Gasteiger partial charge on any atom is 0.416 e. The van der Waals surface area contributed by atoms with Crippen molar-refractivity contribution in [3.05, 3.63) is 45.9 Å². The molecule has 6 nitrogen and oxygen atoms in total. The largest absolute Gasteiger partial charge is 0.416 e. The number of halogens is 3. The molecule has 1 aliphatic rings. The smallest absolute Gasteiger partial charge is 0.383 e. The number of thioether (sulfide) groups is 2. The van der Waals surface area contributed by atoms with E-state index in [0.717, 1.165) is 35.3 Å². The molecule has 3 rings (SSSR count). The molecule has 1 aromatic carbocycles. The molecule has 1 amide bonds. The summed E-state index contributed by atoms with van der Waals surface area (Å²) in [6, 6.07) is 4.21. The van der Waals surface area contributed by atoms with Crippen molar-refractivity contribution in [2.75, 3.05) is 30.5 Å². The van der Waals surface area contributed by atoms with Crippen LogP contribution < -0.4 is 10.9 Å². The molecule has 2 aromatic rings. The summed E-state index contributed by atoms with van der Waals surface area (Å²) in [6.07, 6.45) is -3.73. The molecule has 0 atom stereocenters. The van der Waals surface area contributed by atoms with E-state index >= 15 is 0 Å². The van der Waals surface area contributed by atoms with Gasteiger partial charge in [-0.05, 0) is 24.3 Å². The molecule has 0 unspecified atom stereocenters. The standard InChI is InChI=1S/C18H18F3N3O3S2/c1-27-8-7-24-16(26)15-13(6-9-28-15)23-17(24)29-10-14(25)22-12-4-2-11(3-5-12)18(19,20)21/h2-5H,6-10H2,1H3,(H,22,25). The number of rotatable bonds is 7. The Kier molecular flexibility index (Phi) is 6.91. The van der Waals surface area contributed by atoms with E-state index in [9.17, 15) is 22.8 Å². The zero-order chi connectivity index (χ0) is 21.0. The highest BCUT2D eigenvalue weighted by molar-refractivity contribution is 8.00. The van der Waals surface area contributed by atoms with Gasteiger partial charge in [-0.1, -0.05) is 11.8 Å². The molecule has 0 aliphatic carbocycles. The molecule has 0 radical (unpaired) electrons. The van der Waals surface area contributed by atoms with Crippen molar-refractivity contribution in [3.8, 4) is 0 Å². The van der Waals surface area contributed by atoms with Crippen LogP contribution in [0.5, 0.6) is 0 Å². The van der Waals surface area contributed by atoms with Crippen LogP contribution in [0.1, 0.15) is 11.3 Å². The normalized spacial score (nSPS) is 13.4. The molecule has 0 fully saturated rings. The summed E-state index contributed by atoms with van der Waals surface area (Å²) in [7, 11) is 1.53. The minimum absolute atomic E-state index is 0.0353. The van der Waals surface area contributed by atoms with Gasteiger partial charge in [-0.2, -0.15) is 13.2 Å². The number of fused-ring (bicyclic) bond motifs is 1. The summed E-state index contributed by atoms with van der Waals surface area (Å²) in [6.45, 7) is 0.648. The number of methoxy groups -OCH3 is 1. The Morgan fingerprint density at radius 1 is 1.34 bits per heavy atom. The van der Waals surface area contributed by atoms with E-state index in [1.54, 1.807) is 0 Å². The van der Waals surface area contributed by atoms with Gasteiger partial charge in [0.2, 0.25) is 5.91 Å². The monoisotopic (exact) mass is 445 g/mol. The number of carbonyl (C=O) groups excluding carboxylic acids is 1. The average Bonchev–Trinajstić information content (AvgIpc) is 3.14. The predicted octanol–water partition coefficient (Wildman–Crippen LogP) is 3.29. The second-order valence-corrected chi connectivity index (χ2v) is 8.18.